The molecule has 2 aromatic rings. The minimum Gasteiger partial charge on any atom is -0.479 e. The molecule has 42 heavy (non-hydrogen) atoms. The maximum absolute atomic E-state index is 14.3. The summed E-state index contributed by atoms with van der Waals surface area (Å²) in [6.45, 7) is 13.4. The van der Waals surface area contributed by atoms with Crippen LogP contribution in [0.4, 0.5) is 10.5 Å². The van der Waals surface area contributed by atoms with Gasteiger partial charge in [0.15, 0.2) is 5.54 Å². The molecule has 0 radical (unpaired) electrons. The number of hydrogen-bond acceptors (Lipinski definition) is 6. The third kappa shape index (κ3) is 6.78. The molecule has 0 bridgehead atoms. The standard InChI is InChI=1S/C33H45N3O6/c1-9-11-12-13-16-42-31(40)34-28(32(3,4)5)29(37)36-21-26(41-8)20-33(36,30(38)39)25-15-14-23-19-27(35(6)7)22(10-2)17-24(23)18-25/h9-10,14-15,17-19,26,28H,1-2,11-13,16,20-21H2,3-8H3,(H,34,40)(H,38,39)/t26?,28-,33?/m1/s1. The number of aliphatic carboxylic acids is 1. The molecule has 0 aromatic heterocycles. The Morgan fingerprint density at radius 3 is 2.45 bits per heavy atom. The molecule has 0 aliphatic carbocycles. The first-order valence-corrected chi connectivity index (χ1v) is 14.3. The number of benzene rings is 2. The number of alkyl carbamates (subject to hydrolysis) is 1. The molecule has 2 unspecified atom stereocenters. The summed E-state index contributed by atoms with van der Waals surface area (Å²) < 4.78 is 11.0. The lowest BCUT2D eigenvalue weighted by Crippen LogP contribution is -2.60. The van der Waals surface area contributed by atoms with E-state index in [0.717, 1.165) is 34.9 Å². The Morgan fingerprint density at radius 1 is 1.17 bits per heavy atom. The maximum atomic E-state index is 14.3. The number of hydrogen-bond donors (Lipinski definition) is 2. The second-order valence-electron chi connectivity index (χ2n) is 12.1. The lowest BCUT2D eigenvalue weighted by molar-refractivity contribution is -0.159. The summed E-state index contributed by atoms with van der Waals surface area (Å²) >= 11 is 0. The number of nitrogens with zero attached hydrogens (tertiary/aromatic N) is 2. The van der Waals surface area contributed by atoms with E-state index in [9.17, 15) is 19.5 Å². The van der Waals surface area contributed by atoms with Crippen molar-refractivity contribution in [1.82, 2.24) is 10.2 Å². The van der Waals surface area contributed by atoms with E-state index in [2.05, 4.69) is 18.5 Å². The van der Waals surface area contributed by atoms with E-state index >= 15 is 0 Å². The van der Waals surface area contributed by atoms with Gasteiger partial charge in [-0.1, -0.05) is 51.6 Å². The molecule has 1 fully saturated rings. The van der Waals surface area contributed by atoms with E-state index in [4.69, 9.17) is 9.47 Å². The van der Waals surface area contributed by atoms with Gasteiger partial charge in [0.25, 0.3) is 0 Å². The lowest BCUT2D eigenvalue weighted by Gasteiger charge is -2.40. The molecule has 228 valence electrons. The molecule has 1 heterocycles. The lowest BCUT2D eigenvalue weighted by atomic mass is 9.82. The predicted octanol–water partition coefficient (Wildman–Crippen LogP) is 5.57. The molecule has 1 aliphatic heterocycles. The third-order valence-corrected chi connectivity index (χ3v) is 7.90. The number of carboxylic acids is 1. The van der Waals surface area contributed by atoms with Crippen LogP contribution in [0, 0.1) is 5.41 Å². The first-order chi connectivity index (χ1) is 19.8. The number of rotatable bonds is 12. The van der Waals surface area contributed by atoms with Gasteiger partial charge in [0.05, 0.1) is 12.7 Å². The Morgan fingerprint density at radius 2 is 1.88 bits per heavy atom. The first-order valence-electron chi connectivity index (χ1n) is 14.3. The van der Waals surface area contributed by atoms with Gasteiger partial charge >= 0.3 is 12.1 Å². The molecule has 0 saturated carbocycles. The number of nitrogens with one attached hydrogen (secondary N) is 1. The summed E-state index contributed by atoms with van der Waals surface area (Å²) in [5.74, 6) is -1.68. The van der Waals surface area contributed by atoms with Crippen molar-refractivity contribution in [3.63, 3.8) is 0 Å². The number of carbonyl (C=O) groups is 3. The second kappa shape index (κ2) is 13.4. The van der Waals surface area contributed by atoms with Crippen molar-refractivity contribution in [1.29, 1.82) is 0 Å². The average Bonchev–Trinajstić information content (AvgIpc) is 3.35. The zero-order valence-electron chi connectivity index (χ0n) is 25.7. The van der Waals surface area contributed by atoms with Gasteiger partial charge in [-0.2, -0.15) is 0 Å². The van der Waals surface area contributed by atoms with Crippen LogP contribution in [0.5, 0.6) is 0 Å². The summed E-state index contributed by atoms with van der Waals surface area (Å²) in [4.78, 5) is 43.6. The SMILES string of the molecule is C=CCCCCOC(=O)N[C@H](C(=O)N1CC(OC)CC1(C(=O)O)c1ccc2cc(N(C)C)c(C=C)cc2c1)C(C)(C)C. The Bertz CT molecular complexity index is 1330. The molecule has 1 saturated heterocycles. The van der Waals surface area contributed by atoms with Crippen molar-refractivity contribution in [3.8, 4) is 0 Å². The predicted molar refractivity (Wildman–Crippen MR) is 167 cm³/mol. The fourth-order valence-corrected chi connectivity index (χ4v) is 5.53. The highest BCUT2D eigenvalue weighted by Gasteiger charge is 2.57. The molecule has 0 spiro atoms. The third-order valence-electron chi connectivity index (χ3n) is 7.90. The van der Waals surface area contributed by atoms with Gasteiger partial charge in [-0.25, -0.2) is 9.59 Å². The van der Waals surface area contributed by atoms with Gasteiger partial charge in [-0.15, -0.1) is 6.58 Å². The molecular weight excluding hydrogens is 534 g/mol. The summed E-state index contributed by atoms with van der Waals surface area (Å²) in [6.07, 6.45) is 4.72. The molecule has 2 N–H and O–H groups in total. The number of carboxylic acid groups (broad SMARTS) is 1. The molecule has 3 rings (SSSR count). The first kappa shape index (κ1) is 32.7. The van der Waals surface area contributed by atoms with E-state index in [-0.39, 0.29) is 19.6 Å². The molecule has 9 heteroatoms. The minimum atomic E-state index is -1.71. The van der Waals surface area contributed by atoms with Crippen molar-refractivity contribution in [2.45, 2.75) is 64.1 Å². The van der Waals surface area contributed by atoms with Crippen LogP contribution in [0.2, 0.25) is 0 Å². The second-order valence-corrected chi connectivity index (χ2v) is 12.1. The summed E-state index contributed by atoms with van der Waals surface area (Å²) in [7, 11) is 5.41. The Balaban J connectivity index is 2.04. The largest absolute Gasteiger partial charge is 0.479 e. The topological polar surface area (TPSA) is 108 Å². The molecule has 1 aliphatic rings. The van der Waals surface area contributed by atoms with Crippen LogP contribution in [0.25, 0.3) is 16.8 Å². The smallest absolute Gasteiger partial charge is 0.407 e. The van der Waals surface area contributed by atoms with Crippen LogP contribution in [0.15, 0.2) is 49.6 Å². The van der Waals surface area contributed by atoms with Crippen LogP contribution in [0.1, 0.15) is 57.6 Å². The zero-order valence-corrected chi connectivity index (χ0v) is 25.7. The number of ether oxygens (including phenoxy) is 2. The van der Waals surface area contributed by atoms with E-state index in [1.807, 2.05) is 64.0 Å². The number of methoxy groups -OCH3 is 1. The van der Waals surface area contributed by atoms with Gasteiger partial charge in [0.1, 0.15) is 6.04 Å². The summed E-state index contributed by atoms with van der Waals surface area (Å²) in [5, 5.41) is 15.3. The Labute approximate surface area is 249 Å². The summed E-state index contributed by atoms with van der Waals surface area (Å²) in [5.41, 5.74) is -0.0926. The number of allylic oxidation sites excluding steroid dienone is 1. The normalized spacial score (nSPS) is 19.3. The van der Waals surface area contributed by atoms with Crippen molar-refractivity contribution in [2.75, 3.05) is 39.3 Å². The fraction of sp³-hybridized carbons (Fsp3) is 0.485. The molecular formula is C33H45N3O6. The quantitative estimate of drug-likeness (QED) is 0.250. The monoisotopic (exact) mass is 579 g/mol. The van der Waals surface area contributed by atoms with E-state index in [1.165, 1.54) is 12.0 Å². The van der Waals surface area contributed by atoms with E-state index in [1.54, 1.807) is 18.2 Å². The highest BCUT2D eigenvalue weighted by atomic mass is 16.5. The van der Waals surface area contributed by atoms with Crippen molar-refractivity contribution in [2.24, 2.45) is 5.41 Å². The molecule has 9 nitrogen and oxygen atoms in total. The van der Waals surface area contributed by atoms with Gasteiger partial charge in [0, 0.05) is 39.9 Å². The fourth-order valence-electron chi connectivity index (χ4n) is 5.53. The maximum Gasteiger partial charge on any atom is 0.407 e. The zero-order chi connectivity index (χ0) is 31.2. The van der Waals surface area contributed by atoms with Crippen molar-refractivity contribution in [3.05, 3.63) is 60.7 Å². The van der Waals surface area contributed by atoms with Gasteiger partial charge in [0.2, 0.25) is 5.91 Å². The van der Waals surface area contributed by atoms with Crippen LogP contribution >= 0.6 is 0 Å². The number of amides is 2. The summed E-state index contributed by atoms with van der Waals surface area (Å²) in [6, 6.07) is 8.42. The number of anilines is 1. The molecule has 2 amide bonds. The Kier molecular flexibility index (Phi) is 10.4. The number of fused-ring (bicyclic) bond motifs is 1. The van der Waals surface area contributed by atoms with E-state index < -0.39 is 41.1 Å². The van der Waals surface area contributed by atoms with Gasteiger partial charge in [-0.05, 0) is 64.8 Å². The van der Waals surface area contributed by atoms with Gasteiger partial charge in [-0.3, -0.25) is 4.79 Å². The van der Waals surface area contributed by atoms with Crippen LogP contribution < -0.4 is 10.2 Å². The highest BCUT2D eigenvalue weighted by Crippen LogP contribution is 2.43. The molecule has 2 aromatic carbocycles. The Hall–Kier alpha value is -3.85. The van der Waals surface area contributed by atoms with E-state index in [0.29, 0.717) is 12.0 Å². The number of likely N-dealkylation sites (tertiary alicyclic amines) is 1. The van der Waals surface area contributed by atoms with Crippen LogP contribution in [0.3, 0.4) is 0 Å². The average molecular weight is 580 g/mol. The minimum absolute atomic E-state index is 0.0575. The van der Waals surface area contributed by atoms with Gasteiger partial charge < -0.3 is 29.7 Å². The molecule has 3 atom stereocenters. The highest BCUT2D eigenvalue weighted by molar-refractivity contribution is 5.96. The number of carbonyl (C=O) groups excluding carboxylic acids is 2. The van der Waals surface area contributed by atoms with Crippen molar-refractivity contribution < 1.29 is 29.0 Å². The van der Waals surface area contributed by atoms with Crippen molar-refractivity contribution >= 4 is 40.5 Å². The van der Waals surface area contributed by atoms with Crippen LogP contribution in [-0.4, -0.2) is 74.5 Å². The number of unbranched alkanes of at least 4 members (excludes halogenated alkanes) is 2. The van der Waals surface area contributed by atoms with Crippen LogP contribution in [-0.2, 0) is 24.6 Å².